The van der Waals surface area contributed by atoms with Crippen molar-refractivity contribution in [3.8, 4) is 5.75 Å². The number of ether oxygens (including phenoxy) is 1. The summed E-state index contributed by atoms with van der Waals surface area (Å²) in [4.78, 5) is 12.2. The molecule has 2 unspecified atom stereocenters. The van der Waals surface area contributed by atoms with Crippen LogP contribution >= 0.6 is 12.4 Å². The van der Waals surface area contributed by atoms with Crippen LogP contribution in [0.25, 0.3) is 0 Å². The smallest absolute Gasteiger partial charge is 0.223 e. The molecule has 1 aliphatic heterocycles. The summed E-state index contributed by atoms with van der Waals surface area (Å²) in [5.41, 5.74) is 1.10. The van der Waals surface area contributed by atoms with Crippen LogP contribution in [0, 0.1) is 11.8 Å². The van der Waals surface area contributed by atoms with E-state index in [0.717, 1.165) is 24.4 Å². The molecule has 0 radical (unpaired) electrons. The molecule has 1 heterocycles. The maximum atomic E-state index is 12.2. The molecule has 0 aliphatic carbocycles. The van der Waals surface area contributed by atoms with E-state index in [1.165, 1.54) is 0 Å². The number of hydrogen-bond donors (Lipinski definition) is 2. The van der Waals surface area contributed by atoms with Crippen LogP contribution in [0.1, 0.15) is 39.3 Å². The summed E-state index contributed by atoms with van der Waals surface area (Å²) in [5, 5.41) is 6.31. The van der Waals surface area contributed by atoms with Gasteiger partial charge in [0.05, 0.1) is 12.1 Å². The van der Waals surface area contributed by atoms with Crippen molar-refractivity contribution in [2.75, 3.05) is 13.1 Å². The Kier molecular flexibility index (Phi) is 7.17. The van der Waals surface area contributed by atoms with Crippen molar-refractivity contribution in [2.45, 2.75) is 39.8 Å². The van der Waals surface area contributed by atoms with Crippen LogP contribution < -0.4 is 15.4 Å². The minimum absolute atomic E-state index is 0. The van der Waals surface area contributed by atoms with Crippen molar-refractivity contribution in [3.05, 3.63) is 29.8 Å². The SMILES string of the molecule is CC(C)Oc1ccc(C(C)NC(=O)C(C)C2CNC2)cc1.Cl. The minimum atomic E-state index is 0. The van der Waals surface area contributed by atoms with Gasteiger partial charge in [-0.1, -0.05) is 19.1 Å². The summed E-state index contributed by atoms with van der Waals surface area (Å²) < 4.78 is 5.63. The maximum Gasteiger partial charge on any atom is 0.223 e. The van der Waals surface area contributed by atoms with Gasteiger partial charge < -0.3 is 15.4 Å². The van der Waals surface area contributed by atoms with Gasteiger partial charge in [-0.25, -0.2) is 0 Å². The number of carbonyl (C=O) groups is 1. The van der Waals surface area contributed by atoms with Gasteiger partial charge in [0.2, 0.25) is 5.91 Å². The van der Waals surface area contributed by atoms with E-state index >= 15 is 0 Å². The molecule has 124 valence electrons. The molecule has 2 atom stereocenters. The van der Waals surface area contributed by atoms with Crippen molar-refractivity contribution in [2.24, 2.45) is 11.8 Å². The summed E-state index contributed by atoms with van der Waals surface area (Å²) in [6.45, 7) is 9.93. The van der Waals surface area contributed by atoms with Gasteiger partial charge in [0.15, 0.2) is 0 Å². The molecule has 1 aliphatic rings. The topological polar surface area (TPSA) is 50.4 Å². The Morgan fingerprint density at radius 1 is 1.18 bits per heavy atom. The molecular weight excluding hydrogens is 300 g/mol. The zero-order chi connectivity index (χ0) is 15.4. The molecule has 0 spiro atoms. The molecule has 0 aromatic heterocycles. The van der Waals surface area contributed by atoms with Gasteiger partial charge in [0.25, 0.3) is 0 Å². The summed E-state index contributed by atoms with van der Waals surface area (Å²) >= 11 is 0. The molecule has 0 saturated carbocycles. The Bertz CT molecular complexity index is 472. The number of nitrogens with one attached hydrogen (secondary N) is 2. The molecular formula is C17H27ClN2O2. The zero-order valence-electron chi connectivity index (χ0n) is 13.8. The van der Waals surface area contributed by atoms with Crippen molar-refractivity contribution in [3.63, 3.8) is 0 Å². The average molecular weight is 327 g/mol. The lowest BCUT2D eigenvalue weighted by atomic mass is 9.88. The van der Waals surface area contributed by atoms with Crippen LogP contribution in [0.2, 0.25) is 0 Å². The molecule has 2 N–H and O–H groups in total. The van der Waals surface area contributed by atoms with Gasteiger partial charge in [-0.2, -0.15) is 0 Å². The second-order valence-corrected chi connectivity index (χ2v) is 6.17. The lowest BCUT2D eigenvalue weighted by molar-refractivity contribution is -0.127. The Hall–Kier alpha value is -1.26. The van der Waals surface area contributed by atoms with Crippen LogP contribution in [-0.2, 0) is 4.79 Å². The minimum Gasteiger partial charge on any atom is -0.491 e. The van der Waals surface area contributed by atoms with Crippen molar-refractivity contribution in [1.82, 2.24) is 10.6 Å². The van der Waals surface area contributed by atoms with E-state index < -0.39 is 0 Å². The molecule has 1 amide bonds. The van der Waals surface area contributed by atoms with Gasteiger partial charge in [-0.3, -0.25) is 4.79 Å². The second kappa shape index (κ2) is 8.39. The first-order chi connectivity index (χ1) is 9.97. The van der Waals surface area contributed by atoms with E-state index in [4.69, 9.17) is 4.74 Å². The van der Waals surface area contributed by atoms with Gasteiger partial charge in [-0.05, 0) is 57.5 Å². The third kappa shape index (κ3) is 4.89. The standard InChI is InChI=1S/C17H26N2O2.ClH/c1-11(2)21-16-7-5-14(6-8-16)13(4)19-17(20)12(3)15-9-18-10-15;/h5-8,11-13,15,18H,9-10H2,1-4H3,(H,19,20);1H. The predicted octanol–water partition coefficient (Wildman–Crippen LogP) is 2.93. The van der Waals surface area contributed by atoms with Crippen LogP contribution in [0.15, 0.2) is 24.3 Å². The van der Waals surface area contributed by atoms with Crippen LogP contribution in [0.5, 0.6) is 5.75 Å². The third-order valence-corrected chi connectivity index (χ3v) is 4.04. The van der Waals surface area contributed by atoms with Crippen molar-refractivity contribution < 1.29 is 9.53 Å². The fraction of sp³-hybridized carbons (Fsp3) is 0.588. The fourth-order valence-corrected chi connectivity index (χ4v) is 2.41. The fourth-order valence-electron chi connectivity index (χ4n) is 2.41. The largest absolute Gasteiger partial charge is 0.491 e. The Morgan fingerprint density at radius 2 is 1.77 bits per heavy atom. The number of hydrogen-bond acceptors (Lipinski definition) is 3. The predicted molar refractivity (Wildman–Crippen MR) is 91.5 cm³/mol. The Morgan fingerprint density at radius 3 is 2.23 bits per heavy atom. The van der Waals surface area contributed by atoms with Gasteiger partial charge in [0.1, 0.15) is 5.75 Å². The Labute approximate surface area is 139 Å². The van der Waals surface area contributed by atoms with Gasteiger partial charge >= 0.3 is 0 Å². The summed E-state index contributed by atoms with van der Waals surface area (Å²) in [5.74, 6) is 1.54. The molecule has 1 aromatic rings. The normalized spacial score (nSPS) is 17.1. The molecule has 22 heavy (non-hydrogen) atoms. The lowest BCUT2D eigenvalue weighted by Crippen LogP contribution is -2.49. The number of amides is 1. The highest BCUT2D eigenvalue weighted by Crippen LogP contribution is 2.21. The highest BCUT2D eigenvalue weighted by Gasteiger charge is 2.29. The third-order valence-electron chi connectivity index (χ3n) is 4.04. The van der Waals surface area contributed by atoms with E-state index in [2.05, 4.69) is 10.6 Å². The van der Waals surface area contributed by atoms with E-state index in [1.54, 1.807) is 0 Å². The first kappa shape index (κ1) is 18.8. The first-order valence-electron chi connectivity index (χ1n) is 7.75. The highest BCUT2D eigenvalue weighted by atomic mass is 35.5. The Balaban J connectivity index is 0.00000242. The number of halogens is 1. The van der Waals surface area contributed by atoms with E-state index in [1.807, 2.05) is 52.0 Å². The van der Waals surface area contributed by atoms with Crippen LogP contribution in [-0.4, -0.2) is 25.1 Å². The monoisotopic (exact) mass is 326 g/mol. The lowest BCUT2D eigenvalue weighted by Gasteiger charge is -2.32. The zero-order valence-corrected chi connectivity index (χ0v) is 14.6. The number of carbonyl (C=O) groups excluding carboxylic acids is 1. The van der Waals surface area contributed by atoms with Gasteiger partial charge in [0, 0.05) is 5.92 Å². The number of rotatable bonds is 6. The van der Waals surface area contributed by atoms with E-state index in [-0.39, 0.29) is 36.4 Å². The summed E-state index contributed by atoms with van der Waals surface area (Å²) in [7, 11) is 0. The summed E-state index contributed by atoms with van der Waals surface area (Å²) in [6, 6.07) is 7.95. The highest BCUT2D eigenvalue weighted by molar-refractivity contribution is 5.85. The number of benzene rings is 1. The van der Waals surface area contributed by atoms with Crippen molar-refractivity contribution >= 4 is 18.3 Å². The molecule has 1 aromatic carbocycles. The second-order valence-electron chi connectivity index (χ2n) is 6.17. The van der Waals surface area contributed by atoms with E-state index in [0.29, 0.717) is 5.92 Å². The summed E-state index contributed by atoms with van der Waals surface area (Å²) in [6.07, 6.45) is 0.171. The van der Waals surface area contributed by atoms with Crippen LogP contribution in [0.4, 0.5) is 0 Å². The van der Waals surface area contributed by atoms with Crippen molar-refractivity contribution in [1.29, 1.82) is 0 Å². The molecule has 2 rings (SSSR count). The molecule has 0 bridgehead atoms. The molecule has 1 fully saturated rings. The average Bonchev–Trinajstić information content (AvgIpc) is 2.36. The first-order valence-corrected chi connectivity index (χ1v) is 7.75. The van der Waals surface area contributed by atoms with E-state index in [9.17, 15) is 4.79 Å². The van der Waals surface area contributed by atoms with Gasteiger partial charge in [-0.15, -0.1) is 12.4 Å². The molecule has 4 nitrogen and oxygen atoms in total. The quantitative estimate of drug-likeness (QED) is 0.845. The maximum absolute atomic E-state index is 12.2. The molecule has 1 saturated heterocycles. The van der Waals surface area contributed by atoms with Crippen LogP contribution in [0.3, 0.4) is 0 Å². The molecule has 5 heteroatoms.